The lowest BCUT2D eigenvalue weighted by Crippen LogP contribution is -2.24. The predicted octanol–water partition coefficient (Wildman–Crippen LogP) is 4.45. The van der Waals surface area contributed by atoms with Crippen LogP contribution in [0.1, 0.15) is 24.5 Å². The molecule has 0 N–H and O–H groups in total. The molecule has 0 atom stereocenters. The van der Waals surface area contributed by atoms with Crippen molar-refractivity contribution in [2.24, 2.45) is 0 Å². The molecule has 2 aromatic rings. The van der Waals surface area contributed by atoms with Crippen molar-refractivity contribution in [2.45, 2.75) is 26.7 Å². The number of nitrogens with zero attached hydrogens (tertiary/aromatic N) is 1. The van der Waals surface area contributed by atoms with Crippen LogP contribution in [-0.4, -0.2) is 13.1 Å². The van der Waals surface area contributed by atoms with E-state index < -0.39 is 0 Å². The van der Waals surface area contributed by atoms with Gasteiger partial charge in [-0.2, -0.15) is 0 Å². The van der Waals surface area contributed by atoms with Crippen molar-refractivity contribution in [3.63, 3.8) is 0 Å². The van der Waals surface area contributed by atoms with Gasteiger partial charge in [0.1, 0.15) is 0 Å². The van der Waals surface area contributed by atoms with Gasteiger partial charge in [0.25, 0.3) is 0 Å². The fourth-order valence-electron chi connectivity index (χ4n) is 2.41. The second-order valence-electron chi connectivity index (χ2n) is 5.01. The molecule has 2 aromatic carbocycles. The minimum absolute atomic E-state index is 1.07. The Kier molecular flexibility index (Phi) is 5.02. The topological polar surface area (TPSA) is 3.24 Å². The third-order valence-electron chi connectivity index (χ3n) is 3.48. The highest BCUT2D eigenvalue weighted by atomic mass is 15.1. The molecule has 0 aliphatic heterocycles. The van der Waals surface area contributed by atoms with Crippen LogP contribution in [0.25, 0.3) is 0 Å². The Labute approximate surface area is 116 Å². The molecule has 0 saturated heterocycles. The van der Waals surface area contributed by atoms with Crippen LogP contribution in [0.5, 0.6) is 0 Å². The Balaban J connectivity index is 1.89. The molecular formula is C18H23N. The summed E-state index contributed by atoms with van der Waals surface area (Å²) in [6, 6.07) is 19.5. The standard InChI is InChI=1S/C18H23N/c1-3-19(18-13-7-9-16(2)15-18)14-8-12-17-10-5-4-6-11-17/h4-7,9-11,13,15H,3,8,12,14H2,1-2H3. The Morgan fingerprint density at radius 3 is 2.42 bits per heavy atom. The highest BCUT2D eigenvalue weighted by Crippen LogP contribution is 2.16. The quantitative estimate of drug-likeness (QED) is 0.735. The van der Waals surface area contributed by atoms with Crippen LogP contribution in [0.15, 0.2) is 54.6 Å². The van der Waals surface area contributed by atoms with Crippen LogP contribution >= 0.6 is 0 Å². The van der Waals surface area contributed by atoms with E-state index in [1.807, 2.05) is 0 Å². The molecular weight excluding hydrogens is 230 g/mol. The highest BCUT2D eigenvalue weighted by Gasteiger charge is 2.04. The maximum Gasteiger partial charge on any atom is 0.0368 e. The summed E-state index contributed by atoms with van der Waals surface area (Å²) in [5.41, 5.74) is 4.11. The van der Waals surface area contributed by atoms with Crippen molar-refractivity contribution in [1.29, 1.82) is 0 Å². The molecule has 100 valence electrons. The third kappa shape index (κ3) is 4.13. The molecule has 0 saturated carbocycles. The molecule has 0 bridgehead atoms. The average molecular weight is 253 g/mol. The maximum atomic E-state index is 2.45. The molecule has 0 aromatic heterocycles. The molecule has 0 aliphatic carbocycles. The molecule has 0 spiro atoms. The number of hydrogen-bond donors (Lipinski definition) is 0. The fourth-order valence-corrected chi connectivity index (χ4v) is 2.41. The van der Waals surface area contributed by atoms with Crippen molar-refractivity contribution >= 4 is 5.69 Å². The van der Waals surface area contributed by atoms with Gasteiger partial charge >= 0.3 is 0 Å². The summed E-state index contributed by atoms with van der Waals surface area (Å²) in [6.45, 7) is 6.57. The van der Waals surface area contributed by atoms with Crippen molar-refractivity contribution < 1.29 is 0 Å². The van der Waals surface area contributed by atoms with E-state index in [1.54, 1.807) is 0 Å². The van der Waals surface area contributed by atoms with E-state index in [9.17, 15) is 0 Å². The van der Waals surface area contributed by atoms with Gasteiger partial charge in [-0.15, -0.1) is 0 Å². The van der Waals surface area contributed by atoms with Gasteiger partial charge in [0.2, 0.25) is 0 Å². The Morgan fingerprint density at radius 2 is 1.74 bits per heavy atom. The second kappa shape index (κ2) is 6.98. The van der Waals surface area contributed by atoms with Crippen molar-refractivity contribution in [3.8, 4) is 0 Å². The van der Waals surface area contributed by atoms with Gasteiger partial charge in [0, 0.05) is 18.8 Å². The van der Waals surface area contributed by atoms with E-state index in [0.29, 0.717) is 0 Å². The van der Waals surface area contributed by atoms with Gasteiger partial charge in [-0.25, -0.2) is 0 Å². The van der Waals surface area contributed by atoms with Crippen molar-refractivity contribution in [2.75, 3.05) is 18.0 Å². The Hall–Kier alpha value is -1.76. The third-order valence-corrected chi connectivity index (χ3v) is 3.48. The number of rotatable bonds is 6. The zero-order valence-electron chi connectivity index (χ0n) is 12.0. The normalized spacial score (nSPS) is 10.4. The number of anilines is 1. The smallest absolute Gasteiger partial charge is 0.0368 e. The summed E-state index contributed by atoms with van der Waals surface area (Å²) in [5.74, 6) is 0. The zero-order valence-corrected chi connectivity index (χ0v) is 12.0. The second-order valence-corrected chi connectivity index (χ2v) is 5.01. The minimum atomic E-state index is 1.07. The maximum absolute atomic E-state index is 2.45. The SMILES string of the molecule is CCN(CCCc1ccccc1)c1cccc(C)c1. The molecule has 0 fully saturated rings. The van der Waals surface area contributed by atoms with Crippen LogP contribution in [0.2, 0.25) is 0 Å². The van der Waals surface area contributed by atoms with Gasteiger partial charge in [0.05, 0.1) is 0 Å². The lowest BCUT2D eigenvalue weighted by Gasteiger charge is -2.23. The van der Waals surface area contributed by atoms with Crippen LogP contribution in [0.3, 0.4) is 0 Å². The first-order valence-electron chi connectivity index (χ1n) is 7.15. The van der Waals surface area contributed by atoms with E-state index in [1.165, 1.54) is 23.2 Å². The van der Waals surface area contributed by atoms with E-state index >= 15 is 0 Å². The fraction of sp³-hybridized carbons (Fsp3) is 0.333. The van der Waals surface area contributed by atoms with Gasteiger partial charge in [-0.3, -0.25) is 0 Å². The summed E-state index contributed by atoms with van der Waals surface area (Å²) in [7, 11) is 0. The van der Waals surface area contributed by atoms with Crippen LogP contribution in [0, 0.1) is 6.92 Å². The van der Waals surface area contributed by atoms with Gasteiger partial charge < -0.3 is 4.90 Å². The Morgan fingerprint density at radius 1 is 0.947 bits per heavy atom. The van der Waals surface area contributed by atoms with Crippen molar-refractivity contribution in [1.82, 2.24) is 0 Å². The van der Waals surface area contributed by atoms with Gasteiger partial charge in [-0.05, 0) is 49.9 Å². The zero-order chi connectivity index (χ0) is 13.5. The number of hydrogen-bond acceptors (Lipinski definition) is 1. The van der Waals surface area contributed by atoms with Gasteiger partial charge in [-0.1, -0.05) is 42.5 Å². The predicted molar refractivity (Wildman–Crippen MR) is 83.8 cm³/mol. The van der Waals surface area contributed by atoms with E-state index in [-0.39, 0.29) is 0 Å². The first-order valence-corrected chi connectivity index (χ1v) is 7.15. The summed E-state index contributed by atoms with van der Waals surface area (Å²) in [6.07, 6.45) is 2.36. The molecule has 2 rings (SSSR count). The lowest BCUT2D eigenvalue weighted by molar-refractivity contribution is 0.746. The molecule has 0 aliphatic rings. The highest BCUT2D eigenvalue weighted by molar-refractivity contribution is 5.48. The lowest BCUT2D eigenvalue weighted by atomic mass is 10.1. The molecule has 1 heteroatoms. The first-order chi connectivity index (χ1) is 9.29. The van der Waals surface area contributed by atoms with E-state index in [0.717, 1.165) is 19.5 Å². The summed E-state index contributed by atoms with van der Waals surface area (Å²) >= 11 is 0. The van der Waals surface area contributed by atoms with E-state index in [4.69, 9.17) is 0 Å². The first kappa shape index (κ1) is 13.7. The summed E-state index contributed by atoms with van der Waals surface area (Å²) in [5, 5.41) is 0. The summed E-state index contributed by atoms with van der Waals surface area (Å²) < 4.78 is 0. The number of aryl methyl sites for hydroxylation is 2. The Bertz CT molecular complexity index is 490. The molecule has 19 heavy (non-hydrogen) atoms. The largest absolute Gasteiger partial charge is 0.372 e. The van der Waals surface area contributed by atoms with Gasteiger partial charge in [0.15, 0.2) is 0 Å². The average Bonchev–Trinajstić information content (AvgIpc) is 2.45. The van der Waals surface area contributed by atoms with Crippen LogP contribution in [-0.2, 0) is 6.42 Å². The molecule has 0 amide bonds. The molecule has 1 nitrogen and oxygen atoms in total. The molecule has 0 heterocycles. The van der Waals surface area contributed by atoms with Crippen LogP contribution < -0.4 is 4.90 Å². The van der Waals surface area contributed by atoms with Crippen molar-refractivity contribution in [3.05, 3.63) is 65.7 Å². The van der Waals surface area contributed by atoms with Crippen LogP contribution in [0.4, 0.5) is 5.69 Å². The monoisotopic (exact) mass is 253 g/mol. The molecule has 0 radical (unpaired) electrons. The van der Waals surface area contributed by atoms with E-state index in [2.05, 4.69) is 73.3 Å². The summed E-state index contributed by atoms with van der Waals surface area (Å²) in [4.78, 5) is 2.45. The minimum Gasteiger partial charge on any atom is -0.372 e. The molecule has 0 unspecified atom stereocenters. The number of benzene rings is 2.